The van der Waals surface area contributed by atoms with Crippen LogP contribution in [0.15, 0.2) is 24.4 Å². The van der Waals surface area contributed by atoms with Crippen LogP contribution in [0, 0.1) is 17.7 Å². The Morgan fingerprint density at radius 2 is 2.14 bits per heavy atom. The van der Waals surface area contributed by atoms with Gasteiger partial charge in [0.1, 0.15) is 5.82 Å². The molecule has 0 aliphatic heterocycles. The molecule has 1 aliphatic carbocycles. The molecule has 0 bridgehead atoms. The third kappa shape index (κ3) is 4.81. The van der Waals surface area contributed by atoms with Crippen LogP contribution in [0.3, 0.4) is 0 Å². The van der Waals surface area contributed by atoms with Crippen LogP contribution in [-0.4, -0.2) is 17.6 Å². The molecule has 2 rings (SSSR count). The lowest BCUT2D eigenvalue weighted by molar-refractivity contribution is 0.190. The van der Waals surface area contributed by atoms with E-state index < -0.39 is 0 Å². The predicted molar refractivity (Wildman–Crippen MR) is 82.7 cm³/mol. The Morgan fingerprint density at radius 3 is 2.86 bits per heavy atom. The molecule has 0 fully saturated rings. The van der Waals surface area contributed by atoms with E-state index in [9.17, 15) is 4.39 Å². The van der Waals surface area contributed by atoms with Crippen LogP contribution in [0.2, 0.25) is 0 Å². The zero-order valence-corrected chi connectivity index (χ0v) is 13.1. The van der Waals surface area contributed by atoms with Crippen molar-refractivity contribution in [1.29, 1.82) is 0 Å². The predicted octanol–water partition coefficient (Wildman–Crippen LogP) is 3.70. The third-order valence-corrected chi connectivity index (χ3v) is 3.94. The molecule has 1 aromatic heterocycles. The van der Waals surface area contributed by atoms with Crippen molar-refractivity contribution in [1.82, 2.24) is 10.3 Å². The highest BCUT2D eigenvalue weighted by Gasteiger charge is 2.20. The molecule has 0 radical (unpaired) electrons. The number of hydrogen-bond acceptors (Lipinski definition) is 3. The maximum Gasteiger partial charge on any atom is 0.218 e. The molecule has 0 saturated carbocycles. The second-order valence-electron chi connectivity index (χ2n) is 6.14. The van der Waals surface area contributed by atoms with E-state index in [4.69, 9.17) is 4.74 Å². The van der Waals surface area contributed by atoms with Gasteiger partial charge in [0.15, 0.2) is 0 Å². The van der Waals surface area contributed by atoms with E-state index in [0.717, 1.165) is 18.4 Å². The third-order valence-electron chi connectivity index (χ3n) is 3.94. The first-order valence-corrected chi connectivity index (χ1v) is 7.72. The lowest BCUT2D eigenvalue weighted by atomic mass is 9.85. The quantitative estimate of drug-likeness (QED) is 0.812. The number of ether oxygens (including phenoxy) is 1. The molecule has 1 aliphatic rings. The summed E-state index contributed by atoms with van der Waals surface area (Å²) in [6, 6.07) is 1.84. The Kier molecular flexibility index (Phi) is 5.74. The van der Waals surface area contributed by atoms with Gasteiger partial charge in [0.25, 0.3) is 0 Å². The van der Waals surface area contributed by atoms with E-state index in [1.54, 1.807) is 0 Å². The van der Waals surface area contributed by atoms with Crippen LogP contribution < -0.4 is 10.1 Å². The van der Waals surface area contributed by atoms with Crippen molar-refractivity contribution in [3.8, 4) is 5.88 Å². The largest absolute Gasteiger partial charge is 0.477 e. The Labute approximate surface area is 126 Å². The average Bonchev–Trinajstić information content (AvgIpc) is 2.45. The minimum Gasteiger partial charge on any atom is -0.477 e. The minimum absolute atomic E-state index is 0.322. The molecule has 1 aromatic rings. The molecule has 0 spiro atoms. The molecule has 0 amide bonds. The van der Waals surface area contributed by atoms with Crippen molar-refractivity contribution in [3.05, 3.63) is 35.8 Å². The highest BCUT2D eigenvalue weighted by Crippen LogP contribution is 2.26. The number of hydrogen-bond donors (Lipinski definition) is 1. The van der Waals surface area contributed by atoms with Gasteiger partial charge in [-0.05, 0) is 30.7 Å². The molecule has 2 unspecified atom stereocenters. The van der Waals surface area contributed by atoms with Gasteiger partial charge in [-0.15, -0.1) is 0 Å². The van der Waals surface area contributed by atoms with Crippen molar-refractivity contribution in [2.45, 2.75) is 46.2 Å². The summed E-state index contributed by atoms with van der Waals surface area (Å²) < 4.78 is 19.3. The fraction of sp³-hybridized carbons (Fsp3) is 0.588. The molecule has 1 heterocycles. The summed E-state index contributed by atoms with van der Waals surface area (Å²) >= 11 is 0. The Balaban J connectivity index is 1.99. The number of pyridine rings is 1. The Bertz CT molecular complexity index is 488. The standard InChI is InChI=1S/C17H25FN2O/c1-12(2)19-9-15-8-16(18)10-20-17(15)21-11-14-7-5-4-6-13(14)3/h4-5,8,10,12-14,19H,6-7,9,11H2,1-3H3. The molecule has 1 N–H and O–H groups in total. The summed E-state index contributed by atoms with van der Waals surface area (Å²) in [5.74, 6) is 1.35. The molecule has 0 aromatic carbocycles. The van der Waals surface area contributed by atoms with Gasteiger partial charge < -0.3 is 10.1 Å². The van der Waals surface area contributed by atoms with Crippen molar-refractivity contribution in [2.75, 3.05) is 6.61 Å². The fourth-order valence-electron chi connectivity index (χ4n) is 2.46. The number of aromatic nitrogens is 1. The maximum atomic E-state index is 13.4. The molecule has 4 heteroatoms. The lowest BCUT2D eigenvalue weighted by Crippen LogP contribution is -2.24. The number of allylic oxidation sites excluding steroid dienone is 2. The van der Waals surface area contributed by atoms with Crippen LogP contribution >= 0.6 is 0 Å². The monoisotopic (exact) mass is 292 g/mol. The zero-order valence-electron chi connectivity index (χ0n) is 13.1. The average molecular weight is 292 g/mol. The van der Waals surface area contributed by atoms with E-state index in [1.165, 1.54) is 12.3 Å². The molecule has 21 heavy (non-hydrogen) atoms. The van der Waals surface area contributed by atoms with Crippen LogP contribution in [0.4, 0.5) is 4.39 Å². The SMILES string of the molecule is CC(C)NCc1cc(F)cnc1OCC1CC=CCC1C. The maximum absolute atomic E-state index is 13.4. The summed E-state index contributed by atoms with van der Waals surface area (Å²) in [5, 5.41) is 3.28. The number of rotatable bonds is 6. The fourth-order valence-corrected chi connectivity index (χ4v) is 2.46. The molecular weight excluding hydrogens is 267 g/mol. The first-order chi connectivity index (χ1) is 10.1. The van der Waals surface area contributed by atoms with Crippen LogP contribution in [0.1, 0.15) is 39.2 Å². The first-order valence-electron chi connectivity index (χ1n) is 7.72. The Hall–Kier alpha value is -1.42. The van der Waals surface area contributed by atoms with Crippen LogP contribution in [0.5, 0.6) is 5.88 Å². The van der Waals surface area contributed by atoms with E-state index in [2.05, 4.69) is 43.2 Å². The van der Waals surface area contributed by atoms with Gasteiger partial charge in [0.05, 0.1) is 12.8 Å². The van der Waals surface area contributed by atoms with Gasteiger partial charge in [0, 0.05) is 18.2 Å². The van der Waals surface area contributed by atoms with Gasteiger partial charge in [-0.3, -0.25) is 0 Å². The van der Waals surface area contributed by atoms with Gasteiger partial charge in [-0.1, -0.05) is 32.9 Å². The summed E-state index contributed by atoms with van der Waals surface area (Å²) in [4.78, 5) is 4.11. The summed E-state index contributed by atoms with van der Waals surface area (Å²) in [6.07, 6.45) is 7.82. The minimum atomic E-state index is -0.322. The smallest absolute Gasteiger partial charge is 0.218 e. The van der Waals surface area contributed by atoms with Crippen LogP contribution in [-0.2, 0) is 6.54 Å². The van der Waals surface area contributed by atoms with Crippen molar-refractivity contribution < 1.29 is 9.13 Å². The number of halogens is 1. The second kappa shape index (κ2) is 7.55. The van der Waals surface area contributed by atoms with Gasteiger partial charge >= 0.3 is 0 Å². The van der Waals surface area contributed by atoms with E-state index in [1.807, 2.05) is 0 Å². The van der Waals surface area contributed by atoms with Crippen LogP contribution in [0.25, 0.3) is 0 Å². The zero-order chi connectivity index (χ0) is 15.2. The highest BCUT2D eigenvalue weighted by molar-refractivity contribution is 5.26. The van der Waals surface area contributed by atoms with Gasteiger partial charge in [0.2, 0.25) is 5.88 Å². The topological polar surface area (TPSA) is 34.2 Å². The summed E-state index contributed by atoms with van der Waals surface area (Å²) in [6.45, 7) is 7.57. The van der Waals surface area contributed by atoms with Crippen molar-refractivity contribution >= 4 is 0 Å². The number of nitrogens with zero attached hydrogens (tertiary/aromatic N) is 1. The molecular formula is C17H25FN2O. The Morgan fingerprint density at radius 1 is 1.38 bits per heavy atom. The van der Waals surface area contributed by atoms with Gasteiger partial charge in [-0.25, -0.2) is 9.37 Å². The molecule has 0 saturated heterocycles. The van der Waals surface area contributed by atoms with E-state index >= 15 is 0 Å². The van der Waals surface area contributed by atoms with Crippen molar-refractivity contribution in [3.63, 3.8) is 0 Å². The lowest BCUT2D eigenvalue weighted by Gasteiger charge is -2.25. The van der Waals surface area contributed by atoms with E-state index in [0.29, 0.717) is 36.9 Å². The first kappa shape index (κ1) is 16.0. The van der Waals surface area contributed by atoms with E-state index in [-0.39, 0.29) is 5.82 Å². The van der Waals surface area contributed by atoms with Gasteiger partial charge in [-0.2, -0.15) is 0 Å². The second-order valence-corrected chi connectivity index (χ2v) is 6.14. The normalized spacial score (nSPS) is 21.8. The molecule has 2 atom stereocenters. The molecule has 3 nitrogen and oxygen atoms in total. The summed E-state index contributed by atoms with van der Waals surface area (Å²) in [7, 11) is 0. The number of nitrogens with one attached hydrogen (secondary N) is 1. The molecule has 116 valence electrons. The summed E-state index contributed by atoms with van der Waals surface area (Å²) in [5.41, 5.74) is 0.780. The van der Waals surface area contributed by atoms with Crippen molar-refractivity contribution in [2.24, 2.45) is 11.8 Å². The highest BCUT2D eigenvalue weighted by atomic mass is 19.1.